The lowest BCUT2D eigenvalue weighted by Gasteiger charge is -2.34. The number of benzene rings is 8. The minimum absolute atomic E-state index is 0.206. The van der Waals surface area contributed by atoms with Gasteiger partial charge >= 0.3 is 0 Å². The van der Waals surface area contributed by atoms with Crippen molar-refractivity contribution in [1.82, 2.24) is 0 Å². The van der Waals surface area contributed by atoms with Crippen LogP contribution in [0.25, 0.3) is 45.8 Å². The summed E-state index contributed by atoms with van der Waals surface area (Å²) >= 11 is 0. The molecule has 56 heavy (non-hydrogen) atoms. The van der Waals surface area contributed by atoms with Gasteiger partial charge in [0.2, 0.25) is 0 Å². The number of aryl methyl sites for hydroxylation is 1. The Balaban J connectivity index is 0.933. The van der Waals surface area contributed by atoms with E-state index >= 15 is 0 Å². The first kappa shape index (κ1) is 33.7. The Labute approximate surface area is 329 Å². The summed E-state index contributed by atoms with van der Waals surface area (Å²) in [6.07, 6.45) is 16.8. The summed E-state index contributed by atoms with van der Waals surface area (Å²) in [6.45, 7) is 0. The fourth-order valence-electron chi connectivity index (χ4n) is 8.42. The molecule has 0 amide bonds. The minimum atomic E-state index is 0.206. The molecule has 8 aromatic rings. The van der Waals surface area contributed by atoms with Crippen molar-refractivity contribution < 1.29 is 0 Å². The van der Waals surface area contributed by atoms with Crippen LogP contribution in [0.2, 0.25) is 0 Å². The summed E-state index contributed by atoms with van der Waals surface area (Å²) in [6, 6.07) is 64.6. The van der Waals surface area contributed by atoms with Crippen LogP contribution in [0, 0.1) is 0 Å². The Morgan fingerprint density at radius 3 is 1.73 bits per heavy atom. The van der Waals surface area contributed by atoms with E-state index in [0.29, 0.717) is 0 Å². The summed E-state index contributed by atoms with van der Waals surface area (Å²) in [5.74, 6) is 0. The van der Waals surface area contributed by atoms with Crippen molar-refractivity contribution in [2.45, 2.75) is 25.3 Å². The Kier molecular flexibility index (Phi) is 8.85. The summed E-state index contributed by atoms with van der Waals surface area (Å²) in [4.78, 5) is 4.87. The molecule has 0 fully saturated rings. The van der Waals surface area contributed by atoms with Gasteiger partial charge in [0.1, 0.15) is 0 Å². The van der Waals surface area contributed by atoms with Gasteiger partial charge in [-0.25, -0.2) is 0 Å². The minimum Gasteiger partial charge on any atom is -0.334 e. The van der Waals surface area contributed by atoms with E-state index in [0.717, 1.165) is 36.2 Å². The van der Waals surface area contributed by atoms with Crippen molar-refractivity contribution in [1.29, 1.82) is 0 Å². The van der Waals surface area contributed by atoms with Crippen molar-refractivity contribution in [2.75, 3.05) is 9.80 Å². The number of nitrogens with zero attached hydrogens (tertiary/aromatic N) is 2. The molecule has 0 radical (unpaired) electrons. The quantitative estimate of drug-likeness (QED) is 0.144. The van der Waals surface area contributed by atoms with E-state index in [4.69, 9.17) is 0 Å². The SMILES string of the molecule is C1=Cc2cc(N(c3ccc(/C=C/c4ccc(N(c5ccc6ccccc6c5)C5C=Cc6ccccc6C5)cc4)cc3)c3ccc4ccccc4c3)ccc2CC1. The third kappa shape index (κ3) is 6.71. The van der Waals surface area contributed by atoms with Crippen LogP contribution < -0.4 is 9.80 Å². The van der Waals surface area contributed by atoms with E-state index in [9.17, 15) is 0 Å². The molecule has 2 heteroatoms. The Hall–Kier alpha value is -6.90. The number of fused-ring (bicyclic) bond motifs is 4. The smallest absolute Gasteiger partial charge is 0.0566 e. The second-order valence-corrected chi connectivity index (χ2v) is 14.9. The fraction of sp³-hybridized carbons (Fsp3) is 0.0741. The maximum atomic E-state index is 2.49. The molecular formula is C54H42N2. The molecule has 0 aromatic heterocycles. The van der Waals surface area contributed by atoms with Gasteiger partial charge in [-0.05, 0) is 135 Å². The Bertz CT molecular complexity index is 2790. The van der Waals surface area contributed by atoms with Crippen molar-refractivity contribution in [3.05, 3.63) is 221 Å². The fourth-order valence-corrected chi connectivity index (χ4v) is 8.42. The van der Waals surface area contributed by atoms with Gasteiger partial charge in [0, 0.05) is 28.4 Å². The summed E-state index contributed by atoms with van der Waals surface area (Å²) in [5.41, 5.74) is 13.6. The maximum Gasteiger partial charge on any atom is 0.0566 e. The summed E-state index contributed by atoms with van der Waals surface area (Å²) in [7, 11) is 0. The largest absolute Gasteiger partial charge is 0.334 e. The first-order chi connectivity index (χ1) is 27.7. The predicted octanol–water partition coefficient (Wildman–Crippen LogP) is 14.4. The first-order valence-electron chi connectivity index (χ1n) is 19.7. The molecule has 0 spiro atoms. The molecule has 2 aliphatic rings. The highest BCUT2D eigenvalue weighted by Crippen LogP contribution is 2.39. The average molecular weight is 719 g/mol. The Morgan fingerprint density at radius 1 is 0.429 bits per heavy atom. The molecule has 0 aliphatic heterocycles. The molecular weight excluding hydrogens is 677 g/mol. The monoisotopic (exact) mass is 718 g/mol. The van der Waals surface area contributed by atoms with Crippen LogP contribution in [0.15, 0.2) is 188 Å². The van der Waals surface area contributed by atoms with E-state index in [1.54, 1.807) is 0 Å². The second kappa shape index (κ2) is 14.7. The lowest BCUT2D eigenvalue weighted by molar-refractivity contribution is 0.767. The van der Waals surface area contributed by atoms with E-state index in [2.05, 4.69) is 222 Å². The number of anilines is 5. The molecule has 0 saturated heterocycles. The molecule has 0 bridgehead atoms. The second-order valence-electron chi connectivity index (χ2n) is 14.9. The number of allylic oxidation sites excluding steroid dienone is 1. The molecule has 10 rings (SSSR count). The number of hydrogen-bond donors (Lipinski definition) is 0. The van der Waals surface area contributed by atoms with Crippen LogP contribution in [-0.2, 0) is 12.8 Å². The molecule has 8 aromatic carbocycles. The van der Waals surface area contributed by atoms with E-state index in [1.165, 1.54) is 66.4 Å². The lowest BCUT2D eigenvalue weighted by atomic mass is 9.92. The topological polar surface area (TPSA) is 6.48 Å². The highest BCUT2D eigenvalue weighted by atomic mass is 15.2. The molecule has 1 unspecified atom stereocenters. The van der Waals surface area contributed by atoms with E-state index in [-0.39, 0.29) is 6.04 Å². The molecule has 2 aliphatic carbocycles. The average Bonchev–Trinajstić information content (AvgIpc) is 3.26. The van der Waals surface area contributed by atoms with Crippen molar-refractivity contribution in [3.8, 4) is 0 Å². The zero-order valence-electron chi connectivity index (χ0n) is 31.3. The highest BCUT2D eigenvalue weighted by molar-refractivity contribution is 5.90. The van der Waals surface area contributed by atoms with Crippen LogP contribution in [0.4, 0.5) is 28.4 Å². The molecule has 268 valence electrons. The molecule has 0 saturated carbocycles. The standard InChI is InChI=1S/C54H42N2/c1-5-13-45-35-51(31-23-41(45)9-1)55(52-32-24-42-10-2-6-14-46(42)36-52)49-27-19-39(20-28-49)17-18-40-21-29-50(30-22-40)56(53-33-25-43-11-3-7-15-47(43)37-53)54-34-26-44-12-4-8-16-48(44)38-54/h1-3,5-11,13-35,37-38,52H,4,12,36H2/b18-17+. The maximum absolute atomic E-state index is 2.49. The molecule has 1 atom stereocenters. The zero-order valence-corrected chi connectivity index (χ0v) is 31.3. The predicted molar refractivity (Wildman–Crippen MR) is 240 cm³/mol. The lowest BCUT2D eigenvalue weighted by Crippen LogP contribution is -2.32. The molecule has 0 heterocycles. The molecule has 0 N–H and O–H groups in total. The Morgan fingerprint density at radius 2 is 1.00 bits per heavy atom. The van der Waals surface area contributed by atoms with Gasteiger partial charge in [-0.3, -0.25) is 0 Å². The van der Waals surface area contributed by atoms with Gasteiger partial charge in [-0.2, -0.15) is 0 Å². The van der Waals surface area contributed by atoms with Crippen LogP contribution >= 0.6 is 0 Å². The van der Waals surface area contributed by atoms with Gasteiger partial charge in [0.25, 0.3) is 0 Å². The van der Waals surface area contributed by atoms with Crippen LogP contribution in [0.5, 0.6) is 0 Å². The molecule has 2 nitrogen and oxygen atoms in total. The van der Waals surface area contributed by atoms with Crippen LogP contribution in [0.1, 0.15) is 39.8 Å². The van der Waals surface area contributed by atoms with Gasteiger partial charge in [0.15, 0.2) is 0 Å². The van der Waals surface area contributed by atoms with Gasteiger partial charge < -0.3 is 9.80 Å². The van der Waals surface area contributed by atoms with Gasteiger partial charge in [-0.1, -0.05) is 152 Å². The van der Waals surface area contributed by atoms with Crippen molar-refractivity contribution in [2.24, 2.45) is 0 Å². The zero-order chi connectivity index (χ0) is 37.3. The summed E-state index contributed by atoms with van der Waals surface area (Å²) < 4.78 is 0. The van der Waals surface area contributed by atoms with Gasteiger partial charge in [0.05, 0.1) is 6.04 Å². The van der Waals surface area contributed by atoms with Crippen LogP contribution in [-0.4, -0.2) is 6.04 Å². The van der Waals surface area contributed by atoms with Crippen LogP contribution in [0.3, 0.4) is 0 Å². The number of hydrogen-bond acceptors (Lipinski definition) is 2. The number of rotatable bonds is 8. The van der Waals surface area contributed by atoms with E-state index < -0.39 is 0 Å². The highest BCUT2D eigenvalue weighted by Gasteiger charge is 2.23. The van der Waals surface area contributed by atoms with Gasteiger partial charge in [-0.15, -0.1) is 0 Å². The summed E-state index contributed by atoms with van der Waals surface area (Å²) in [5, 5.41) is 4.99. The first-order valence-corrected chi connectivity index (χ1v) is 19.7. The van der Waals surface area contributed by atoms with Crippen molar-refractivity contribution in [3.63, 3.8) is 0 Å². The third-order valence-electron chi connectivity index (χ3n) is 11.4. The third-order valence-corrected chi connectivity index (χ3v) is 11.4. The van der Waals surface area contributed by atoms with E-state index in [1.807, 2.05) is 0 Å². The normalized spacial score (nSPS) is 14.5. The van der Waals surface area contributed by atoms with Crippen molar-refractivity contribution >= 4 is 74.3 Å².